The second-order valence-corrected chi connectivity index (χ2v) is 9.09. The van der Waals surface area contributed by atoms with Gasteiger partial charge in [-0.3, -0.25) is 9.59 Å². The number of rotatable bonds is 2. The molecule has 0 atom stereocenters. The van der Waals surface area contributed by atoms with Crippen molar-refractivity contribution in [3.63, 3.8) is 0 Å². The molecule has 0 saturated carbocycles. The summed E-state index contributed by atoms with van der Waals surface area (Å²) in [5.74, 6) is -1.14. The largest absolute Gasteiger partial charge is 0.324 e. The Morgan fingerprint density at radius 1 is 1.29 bits per heavy atom. The van der Waals surface area contributed by atoms with E-state index in [0.29, 0.717) is 10.4 Å². The number of nitrogens with one attached hydrogen (secondary N) is 1. The molecule has 0 bridgehead atoms. The molecule has 1 aliphatic rings. The summed E-state index contributed by atoms with van der Waals surface area (Å²) in [4.78, 5) is 25.4. The van der Waals surface area contributed by atoms with Crippen LogP contribution in [0.3, 0.4) is 0 Å². The van der Waals surface area contributed by atoms with Gasteiger partial charge in [0.25, 0.3) is 0 Å². The highest BCUT2D eigenvalue weighted by atomic mass is 32.2. The number of anilines is 1. The molecule has 126 valence electrons. The fraction of sp³-hybridized carbons (Fsp3) is 0.250. The van der Waals surface area contributed by atoms with Crippen LogP contribution in [0.25, 0.3) is 0 Å². The smallest absolute Gasteiger partial charge is 0.243 e. The number of benzene rings is 1. The molecular weight excluding hydrogens is 348 g/mol. The van der Waals surface area contributed by atoms with Gasteiger partial charge in [0.2, 0.25) is 11.7 Å². The zero-order valence-electron chi connectivity index (χ0n) is 13.1. The van der Waals surface area contributed by atoms with E-state index in [2.05, 4.69) is 5.32 Å². The van der Waals surface area contributed by atoms with E-state index >= 15 is 0 Å². The molecule has 1 aliphatic heterocycles. The number of ketones is 1. The minimum atomic E-state index is -3.69. The maximum Gasteiger partial charge on any atom is 0.243 e. The van der Waals surface area contributed by atoms with Crippen LogP contribution in [0.5, 0.6) is 0 Å². The van der Waals surface area contributed by atoms with Gasteiger partial charge in [0, 0.05) is 0 Å². The summed E-state index contributed by atoms with van der Waals surface area (Å²) in [7, 11) is -3.69. The molecule has 0 saturated heterocycles. The van der Waals surface area contributed by atoms with Crippen molar-refractivity contribution in [2.45, 2.75) is 30.0 Å². The SMILES string of the molecule is CC(C)(N)C(=O)Nc1cccc2c1C(=O)c1sccc1CS2(=O)=O. The van der Waals surface area contributed by atoms with Gasteiger partial charge in [0.05, 0.1) is 32.3 Å². The number of thiophene rings is 1. The normalized spacial score (nSPS) is 16.0. The predicted molar refractivity (Wildman–Crippen MR) is 92.0 cm³/mol. The Bertz CT molecular complexity index is 953. The Labute approximate surface area is 143 Å². The van der Waals surface area contributed by atoms with Gasteiger partial charge >= 0.3 is 0 Å². The molecule has 0 unspecified atom stereocenters. The molecule has 1 aromatic carbocycles. The quantitative estimate of drug-likeness (QED) is 0.847. The summed E-state index contributed by atoms with van der Waals surface area (Å²) in [5.41, 5.74) is 5.24. The van der Waals surface area contributed by atoms with Crippen LogP contribution in [-0.4, -0.2) is 25.6 Å². The summed E-state index contributed by atoms with van der Waals surface area (Å²) < 4.78 is 25.3. The zero-order valence-corrected chi connectivity index (χ0v) is 14.8. The van der Waals surface area contributed by atoms with Gasteiger partial charge in [-0.25, -0.2) is 8.42 Å². The highest BCUT2D eigenvalue weighted by molar-refractivity contribution is 7.90. The zero-order chi connectivity index (χ0) is 17.7. The van der Waals surface area contributed by atoms with Crippen molar-refractivity contribution in [3.8, 4) is 0 Å². The summed E-state index contributed by atoms with van der Waals surface area (Å²) in [5, 5.41) is 4.27. The lowest BCUT2D eigenvalue weighted by atomic mass is 10.0. The molecule has 1 amide bonds. The number of amides is 1. The Balaban J connectivity index is 2.22. The first-order valence-electron chi connectivity index (χ1n) is 7.18. The molecule has 0 aliphatic carbocycles. The lowest BCUT2D eigenvalue weighted by Crippen LogP contribution is -2.45. The number of carbonyl (C=O) groups excluding carboxylic acids is 2. The Kier molecular flexibility index (Phi) is 3.86. The van der Waals surface area contributed by atoms with Crippen molar-refractivity contribution < 1.29 is 18.0 Å². The molecule has 6 nitrogen and oxygen atoms in total. The second-order valence-electron chi connectivity index (χ2n) is 6.22. The molecule has 0 fully saturated rings. The molecule has 1 aromatic heterocycles. The van der Waals surface area contributed by atoms with Gasteiger partial charge in [-0.05, 0) is 43.0 Å². The van der Waals surface area contributed by atoms with Crippen LogP contribution in [0.1, 0.15) is 34.6 Å². The van der Waals surface area contributed by atoms with Gasteiger partial charge in [-0.2, -0.15) is 0 Å². The van der Waals surface area contributed by atoms with Gasteiger partial charge in [0.15, 0.2) is 9.84 Å². The van der Waals surface area contributed by atoms with Crippen LogP contribution in [-0.2, 0) is 20.4 Å². The molecule has 8 heteroatoms. The maximum absolute atomic E-state index is 12.9. The van der Waals surface area contributed by atoms with E-state index in [4.69, 9.17) is 5.73 Å². The third-order valence-corrected chi connectivity index (χ3v) is 6.38. The number of carbonyl (C=O) groups is 2. The molecule has 3 rings (SSSR count). The average Bonchev–Trinajstić information content (AvgIpc) is 2.89. The van der Waals surface area contributed by atoms with Gasteiger partial charge in [-0.15, -0.1) is 11.3 Å². The number of hydrogen-bond acceptors (Lipinski definition) is 6. The van der Waals surface area contributed by atoms with Crippen molar-refractivity contribution in [2.24, 2.45) is 5.73 Å². The molecule has 2 aromatic rings. The van der Waals surface area contributed by atoms with E-state index in [1.54, 1.807) is 11.4 Å². The highest BCUT2D eigenvalue weighted by Crippen LogP contribution is 2.36. The number of nitrogens with two attached hydrogens (primary N) is 1. The summed E-state index contributed by atoms with van der Waals surface area (Å²) in [6.07, 6.45) is 0. The number of fused-ring (bicyclic) bond motifs is 2. The van der Waals surface area contributed by atoms with E-state index in [9.17, 15) is 18.0 Å². The number of hydrogen-bond donors (Lipinski definition) is 2. The van der Waals surface area contributed by atoms with Crippen LogP contribution in [0.2, 0.25) is 0 Å². The minimum Gasteiger partial charge on any atom is -0.324 e. The third kappa shape index (κ3) is 2.77. The highest BCUT2D eigenvalue weighted by Gasteiger charge is 2.34. The van der Waals surface area contributed by atoms with Crippen LogP contribution in [0.4, 0.5) is 5.69 Å². The molecule has 2 heterocycles. The van der Waals surface area contributed by atoms with Gasteiger partial charge in [-0.1, -0.05) is 6.07 Å². The van der Waals surface area contributed by atoms with E-state index in [1.807, 2.05) is 0 Å². The van der Waals surface area contributed by atoms with Crippen LogP contribution in [0.15, 0.2) is 34.5 Å². The maximum atomic E-state index is 12.9. The minimum absolute atomic E-state index is 0.00343. The first-order chi connectivity index (χ1) is 11.1. The summed E-state index contributed by atoms with van der Waals surface area (Å²) in [6.45, 7) is 3.06. The molecule has 3 N–H and O–H groups in total. The monoisotopic (exact) mass is 364 g/mol. The van der Waals surface area contributed by atoms with E-state index < -0.39 is 27.1 Å². The van der Waals surface area contributed by atoms with Crippen molar-refractivity contribution in [3.05, 3.63) is 45.6 Å². The van der Waals surface area contributed by atoms with Crippen LogP contribution < -0.4 is 11.1 Å². The fourth-order valence-corrected chi connectivity index (χ4v) is 5.02. The summed E-state index contributed by atoms with van der Waals surface area (Å²) >= 11 is 1.19. The van der Waals surface area contributed by atoms with E-state index in [-0.39, 0.29) is 21.9 Å². The number of sulfone groups is 1. The second kappa shape index (κ2) is 5.51. The van der Waals surface area contributed by atoms with E-state index in [1.165, 1.54) is 43.4 Å². The van der Waals surface area contributed by atoms with Crippen molar-refractivity contribution in [1.82, 2.24) is 0 Å². The lowest BCUT2D eigenvalue weighted by Gasteiger charge is -2.19. The van der Waals surface area contributed by atoms with Crippen LogP contribution in [0, 0.1) is 0 Å². The Morgan fingerprint density at radius 2 is 2.00 bits per heavy atom. The third-order valence-electron chi connectivity index (χ3n) is 3.72. The van der Waals surface area contributed by atoms with Gasteiger partial charge < -0.3 is 11.1 Å². The topological polar surface area (TPSA) is 106 Å². The molecule has 0 radical (unpaired) electrons. The first kappa shape index (κ1) is 16.8. The lowest BCUT2D eigenvalue weighted by molar-refractivity contribution is -0.120. The molecule has 24 heavy (non-hydrogen) atoms. The van der Waals surface area contributed by atoms with Crippen molar-refractivity contribution >= 4 is 38.6 Å². The average molecular weight is 364 g/mol. The summed E-state index contributed by atoms with van der Waals surface area (Å²) in [6, 6.07) is 6.04. The molecule has 0 spiro atoms. The standard InChI is InChI=1S/C16H16N2O4S2/c1-16(2,17)15(20)18-10-4-3-5-11-12(10)13(19)14-9(6-7-23-14)8-24(11,21)22/h3-7H,8,17H2,1-2H3,(H,18,20). The van der Waals surface area contributed by atoms with E-state index in [0.717, 1.165) is 0 Å². The predicted octanol–water partition coefficient (Wildman–Crippen LogP) is 1.94. The Hall–Kier alpha value is -2.03. The molecular formula is C16H16N2O4S2. The van der Waals surface area contributed by atoms with Crippen molar-refractivity contribution in [1.29, 1.82) is 0 Å². The fourth-order valence-electron chi connectivity index (χ4n) is 2.46. The first-order valence-corrected chi connectivity index (χ1v) is 9.71. The van der Waals surface area contributed by atoms with Crippen LogP contribution >= 0.6 is 11.3 Å². The van der Waals surface area contributed by atoms with Crippen molar-refractivity contribution in [2.75, 3.05) is 5.32 Å². The van der Waals surface area contributed by atoms with Gasteiger partial charge in [0.1, 0.15) is 0 Å². The Morgan fingerprint density at radius 3 is 2.67 bits per heavy atom.